The van der Waals surface area contributed by atoms with Gasteiger partial charge in [-0.3, -0.25) is 0 Å². The Morgan fingerprint density at radius 3 is 2.96 bits per heavy atom. The van der Waals surface area contributed by atoms with Crippen LogP contribution >= 0.6 is 0 Å². The van der Waals surface area contributed by atoms with Gasteiger partial charge in [0, 0.05) is 18.8 Å². The van der Waals surface area contributed by atoms with E-state index in [1.165, 1.54) is 54.6 Å². The first-order valence-corrected chi connectivity index (χ1v) is 8.78. The van der Waals surface area contributed by atoms with Gasteiger partial charge in [-0.25, -0.2) is 0 Å². The van der Waals surface area contributed by atoms with E-state index in [-0.39, 0.29) is 0 Å². The van der Waals surface area contributed by atoms with Gasteiger partial charge >= 0.3 is 0 Å². The first-order valence-electron chi connectivity index (χ1n) is 8.78. The van der Waals surface area contributed by atoms with Crippen LogP contribution in [0, 0.1) is 0 Å². The maximum absolute atomic E-state index is 5.73. The summed E-state index contributed by atoms with van der Waals surface area (Å²) in [5.74, 6) is 0.996. The zero-order valence-electron chi connectivity index (χ0n) is 13.3. The summed E-state index contributed by atoms with van der Waals surface area (Å²) in [4.78, 5) is 2.66. The molecule has 0 bridgehead atoms. The van der Waals surface area contributed by atoms with Crippen molar-refractivity contribution in [3.8, 4) is 5.75 Å². The van der Waals surface area contributed by atoms with Crippen molar-refractivity contribution < 1.29 is 4.74 Å². The Bertz CT molecular complexity index is 741. The van der Waals surface area contributed by atoms with Crippen LogP contribution in [0.25, 0.3) is 0 Å². The van der Waals surface area contributed by atoms with E-state index in [0.717, 1.165) is 24.6 Å². The molecule has 2 aromatic rings. The van der Waals surface area contributed by atoms with Gasteiger partial charge in [0.1, 0.15) is 12.4 Å². The van der Waals surface area contributed by atoms with Crippen LogP contribution < -0.4 is 15.0 Å². The van der Waals surface area contributed by atoms with Crippen LogP contribution in [0.5, 0.6) is 5.75 Å². The SMILES string of the molecule is c1cc2c3c(c1)CCC(c1ccc4c(c1)NCCO4)N3CCC2. The summed E-state index contributed by atoms with van der Waals surface area (Å²) in [7, 11) is 0. The van der Waals surface area contributed by atoms with Crippen LogP contribution in [0.2, 0.25) is 0 Å². The molecule has 3 aliphatic rings. The van der Waals surface area contributed by atoms with Crippen LogP contribution in [-0.2, 0) is 12.8 Å². The molecule has 3 heteroatoms. The third-order valence-corrected chi connectivity index (χ3v) is 5.46. The quantitative estimate of drug-likeness (QED) is 0.864. The van der Waals surface area contributed by atoms with E-state index in [9.17, 15) is 0 Å². The highest BCUT2D eigenvalue weighted by atomic mass is 16.5. The minimum absolute atomic E-state index is 0.498. The molecule has 5 rings (SSSR count). The number of aryl methyl sites for hydroxylation is 2. The lowest BCUT2D eigenvalue weighted by molar-refractivity contribution is 0.323. The minimum Gasteiger partial charge on any atom is -0.490 e. The third-order valence-electron chi connectivity index (χ3n) is 5.46. The third kappa shape index (κ3) is 2.10. The van der Waals surface area contributed by atoms with Gasteiger partial charge in [-0.05, 0) is 54.5 Å². The van der Waals surface area contributed by atoms with E-state index >= 15 is 0 Å². The van der Waals surface area contributed by atoms with Crippen LogP contribution in [0.3, 0.4) is 0 Å². The number of anilines is 2. The van der Waals surface area contributed by atoms with E-state index in [4.69, 9.17) is 4.74 Å². The molecule has 118 valence electrons. The fraction of sp³-hybridized carbons (Fsp3) is 0.400. The molecule has 0 saturated carbocycles. The first-order chi connectivity index (χ1) is 11.4. The molecular formula is C20H22N2O. The smallest absolute Gasteiger partial charge is 0.142 e. The highest BCUT2D eigenvalue weighted by Gasteiger charge is 2.31. The minimum atomic E-state index is 0.498. The Hall–Kier alpha value is -2.16. The summed E-state index contributed by atoms with van der Waals surface area (Å²) in [6.45, 7) is 2.84. The van der Waals surface area contributed by atoms with Crippen LogP contribution in [-0.4, -0.2) is 19.7 Å². The Balaban J connectivity index is 1.56. The van der Waals surface area contributed by atoms with Gasteiger partial charge < -0.3 is 15.0 Å². The van der Waals surface area contributed by atoms with Gasteiger partial charge in [0.15, 0.2) is 0 Å². The zero-order valence-corrected chi connectivity index (χ0v) is 13.3. The van der Waals surface area contributed by atoms with Crippen LogP contribution in [0.15, 0.2) is 36.4 Å². The second-order valence-electron chi connectivity index (χ2n) is 6.81. The molecular weight excluding hydrogens is 284 g/mol. The van der Waals surface area contributed by atoms with E-state index in [2.05, 4.69) is 46.6 Å². The van der Waals surface area contributed by atoms with Crippen molar-refractivity contribution in [3.05, 3.63) is 53.1 Å². The number of benzene rings is 2. The molecule has 1 unspecified atom stereocenters. The maximum Gasteiger partial charge on any atom is 0.142 e. The van der Waals surface area contributed by atoms with Crippen LogP contribution in [0.4, 0.5) is 11.4 Å². The van der Waals surface area contributed by atoms with E-state index in [1.807, 2.05) is 0 Å². The molecule has 1 atom stereocenters. The van der Waals surface area contributed by atoms with Crippen LogP contribution in [0.1, 0.15) is 35.6 Å². The topological polar surface area (TPSA) is 24.5 Å². The molecule has 0 saturated heterocycles. The van der Waals surface area contributed by atoms with Gasteiger partial charge in [-0.1, -0.05) is 24.3 Å². The second-order valence-corrected chi connectivity index (χ2v) is 6.81. The van der Waals surface area contributed by atoms with E-state index in [1.54, 1.807) is 0 Å². The number of para-hydroxylation sites is 1. The lowest BCUT2D eigenvalue weighted by Gasteiger charge is -2.43. The molecule has 0 spiro atoms. The predicted octanol–water partition coefficient (Wildman–Crippen LogP) is 3.93. The molecule has 0 fully saturated rings. The average molecular weight is 306 g/mol. The van der Waals surface area contributed by atoms with Gasteiger partial charge in [-0.15, -0.1) is 0 Å². The molecule has 3 aliphatic heterocycles. The van der Waals surface area contributed by atoms with E-state index in [0.29, 0.717) is 6.04 Å². The summed E-state index contributed by atoms with van der Waals surface area (Å²) in [6.07, 6.45) is 4.88. The normalized spacial score (nSPS) is 21.7. The van der Waals surface area contributed by atoms with Crippen molar-refractivity contribution in [2.45, 2.75) is 31.7 Å². The lowest BCUT2D eigenvalue weighted by atomic mass is 9.86. The first kappa shape index (κ1) is 13.3. The number of fused-ring (bicyclic) bond motifs is 1. The Labute approximate surface area is 137 Å². The van der Waals surface area contributed by atoms with Gasteiger partial charge in [0.2, 0.25) is 0 Å². The molecule has 0 aromatic heterocycles. The maximum atomic E-state index is 5.73. The molecule has 1 N–H and O–H groups in total. The van der Waals surface area contributed by atoms with Gasteiger partial charge in [-0.2, -0.15) is 0 Å². The number of ether oxygens (including phenoxy) is 1. The highest BCUT2D eigenvalue weighted by molar-refractivity contribution is 5.66. The number of rotatable bonds is 1. The van der Waals surface area contributed by atoms with E-state index < -0.39 is 0 Å². The lowest BCUT2D eigenvalue weighted by Crippen LogP contribution is -2.37. The summed E-state index contributed by atoms with van der Waals surface area (Å²) in [5, 5.41) is 3.48. The monoisotopic (exact) mass is 306 g/mol. The Morgan fingerprint density at radius 2 is 2.00 bits per heavy atom. The molecule has 3 heterocycles. The summed E-state index contributed by atoms with van der Waals surface area (Å²) < 4.78 is 5.73. The highest BCUT2D eigenvalue weighted by Crippen LogP contribution is 2.44. The average Bonchev–Trinajstić information content (AvgIpc) is 2.62. The fourth-order valence-electron chi connectivity index (χ4n) is 4.44. The molecule has 0 radical (unpaired) electrons. The molecule has 2 aromatic carbocycles. The molecule has 3 nitrogen and oxygen atoms in total. The molecule has 0 amide bonds. The summed E-state index contributed by atoms with van der Waals surface area (Å²) in [5.41, 5.74) is 7.18. The summed E-state index contributed by atoms with van der Waals surface area (Å²) >= 11 is 0. The van der Waals surface area contributed by atoms with Crippen molar-refractivity contribution >= 4 is 11.4 Å². The Kier molecular flexibility index (Phi) is 3.00. The molecule has 23 heavy (non-hydrogen) atoms. The predicted molar refractivity (Wildman–Crippen MR) is 93.6 cm³/mol. The fourth-order valence-corrected chi connectivity index (χ4v) is 4.44. The number of nitrogens with zero attached hydrogens (tertiary/aromatic N) is 1. The van der Waals surface area contributed by atoms with Gasteiger partial charge in [0.05, 0.1) is 11.7 Å². The van der Waals surface area contributed by atoms with Crippen molar-refractivity contribution in [1.29, 1.82) is 0 Å². The zero-order chi connectivity index (χ0) is 15.2. The number of nitrogens with one attached hydrogen (secondary N) is 1. The second kappa shape index (κ2) is 5.19. The largest absolute Gasteiger partial charge is 0.490 e. The number of hydrogen-bond donors (Lipinski definition) is 1. The number of hydrogen-bond acceptors (Lipinski definition) is 3. The van der Waals surface area contributed by atoms with Gasteiger partial charge in [0.25, 0.3) is 0 Å². The van der Waals surface area contributed by atoms with Crippen molar-refractivity contribution in [2.24, 2.45) is 0 Å². The standard InChI is InChI=1S/C20H22N2O/c1-3-14-5-2-11-22-18(8-6-15(4-1)20(14)22)16-7-9-19-17(13-16)21-10-12-23-19/h1,3-4,7,9,13,18,21H,2,5-6,8,10-12H2. The molecule has 0 aliphatic carbocycles. The summed E-state index contributed by atoms with van der Waals surface area (Å²) in [6, 6.07) is 14.1. The Morgan fingerprint density at radius 1 is 1.09 bits per heavy atom. The van der Waals surface area contributed by atoms with Crippen molar-refractivity contribution in [3.63, 3.8) is 0 Å². The van der Waals surface area contributed by atoms with Crippen molar-refractivity contribution in [2.75, 3.05) is 29.9 Å². The van der Waals surface area contributed by atoms with Crippen molar-refractivity contribution in [1.82, 2.24) is 0 Å².